The van der Waals surface area contributed by atoms with Gasteiger partial charge in [-0.15, -0.1) is 0 Å². The summed E-state index contributed by atoms with van der Waals surface area (Å²) in [5.74, 6) is -1.02. The molecule has 0 fully saturated rings. The van der Waals surface area contributed by atoms with E-state index in [2.05, 4.69) is 10.6 Å². The summed E-state index contributed by atoms with van der Waals surface area (Å²) in [6.45, 7) is 1.58. The van der Waals surface area contributed by atoms with E-state index in [-0.39, 0.29) is 76.2 Å². The van der Waals surface area contributed by atoms with Gasteiger partial charge in [0.15, 0.2) is 34.9 Å². The van der Waals surface area contributed by atoms with Crippen LogP contribution in [0.2, 0.25) is 0 Å². The maximum Gasteiger partial charge on any atom is 0.394 e. The number of nitrogens with one attached hydrogen (secondary N) is 4. The first-order chi connectivity index (χ1) is 23.0. The summed E-state index contributed by atoms with van der Waals surface area (Å²) in [4.78, 5) is 23.9. The van der Waals surface area contributed by atoms with E-state index < -0.39 is 22.3 Å². The maximum atomic E-state index is 11.9. The van der Waals surface area contributed by atoms with Crippen LogP contribution in [0, 0.1) is 10.8 Å². The van der Waals surface area contributed by atoms with E-state index in [0.717, 1.165) is 12.8 Å². The van der Waals surface area contributed by atoms with Crippen molar-refractivity contribution in [1.29, 1.82) is 10.8 Å². The lowest BCUT2D eigenvalue weighted by molar-refractivity contribution is 0.0488. The summed E-state index contributed by atoms with van der Waals surface area (Å²) in [6, 6.07) is 5.55. The third-order valence-corrected chi connectivity index (χ3v) is 5.67. The predicted octanol–water partition coefficient (Wildman–Crippen LogP) is 0.181. The zero-order chi connectivity index (χ0) is 37.6. The SMILES string of the molecule is COc1cc(C(=O)OCCCCNC(=N)N)cc(OC)c1O.COc1cc(C(=O)OCCCCNC(=N)N)cc(OC)c1O.O.O=S(=O)(O)O. The second-order valence-electron chi connectivity index (χ2n) is 9.27. The Labute approximate surface area is 288 Å². The van der Waals surface area contributed by atoms with Crippen LogP contribution in [0.1, 0.15) is 46.4 Å². The molecule has 0 aliphatic carbocycles. The number of guanidine groups is 2. The Kier molecular flexibility index (Phi) is 23.0. The van der Waals surface area contributed by atoms with Crippen molar-refractivity contribution < 1.29 is 71.2 Å². The Hall–Kier alpha value is -5.45. The number of phenols is 2. The van der Waals surface area contributed by atoms with Gasteiger partial charge >= 0.3 is 22.3 Å². The number of rotatable bonds is 16. The molecule has 2 aromatic rings. The van der Waals surface area contributed by atoms with Crippen molar-refractivity contribution in [2.45, 2.75) is 25.7 Å². The fourth-order valence-electron chi connectivity index (χ4n) is 3.42. The highest BCUT2D eigenvalue weighted by Crippen LogP contribution is 2.38. The number of esters is 2. The lowest BCUT2D eigenvalue weighted by atomic mass is 10.2. The first-order valence-electron chi connectivity index (χ1n) is 14.1. The molecule has 0 heterocycles. The molecule has 21 nitrogen and oxygen atoms in total. The van der Waals surface area contributed by atoms with Crippen LogP contribution in [0.25, 0.3) is 0 Å². The Balaban J connectivity index is 0. The Morgan fingerprint density at radius 3 is 1.14 bits per heavy atom. The molecule has 50 heavy (non-hydrogen) atoms. The summed E-state index contributed by atoms with van der Waals surface area (Å²) in [6.07, 6.45) is 2.71. The Bertz CT molecular complexity index is 1340. The zero-order valence-electron chi connectivity index (χ0n) is 27.9. The molecule has 0 unspecified atom stereocenters. The number of unbranched alkanes of at least 4 members (excludes halogenated alkanes) is 2. The van der Waals surface area contributed by atoms with E-state index in [1.807, 2.05) is 0 Å². The minimum Gasteiger partial charge on any atom is -0.502 e. The normalized spacial score (nSPS) is 9.88. The van der Waals surface area contributed by atoms with Crippen molar-refractivity contribution in [3.8, 4) is 34.5 Å². The molecule has 0 amide bonds. The van der Waals surface area contributed by atoms with Gasteiger partial charge in [-0.25, -0.2) is 9.59 Å². The molecule has 2 rings (SSSR count). The van der Waals surface area contributed by atoms with E-state index in [1.54, 1.807) is 0 Å². The molecule has 0 atom stereocenters. The molecular weight excluding hydrogens is 692 g/mol. The quantitative estimate of drug-likeness (QED) is 0.0361. The van der Waals surface area contributed by atoms with Gasteiger partial charge in [0, 0.05) is 13.1 Å². The molecule has 0 aromatic heterocycles. The van der Waals surface area contributed by atoms with Crippen molar-refractivity contribution >= 4 is 34.3 Å². The summed E-state index contributed by atoms with van der Waals surface area (Å²) >= 11 is 0. The molecule has 14 N–H and O–H groups in total. The summed E-state index contributed by atoms with van der Waals surface area (Å²) in [5.41, 5.74) is 10.7. The fraction of sp³-hybridized carbons (Fsp3) is 0.429. The number of hydrogen-bond acceptors (Lipinski definition) is 14. The van der Waals surface area contributed by atoms with Gasteiger partial charge in [0.1, 0.15) is 0 Å². The first kappa shape index (κ1) is 46.7. The number of phenolic OH excluding ortho intramolecular Hbond substituents is 2. The molecule has 0 radical (unpaired) electrons. The van der Waals surface area contributed by atoms with Gasteiger partial charge in [-0.1, -0.05) is 0 Å². The number of carbonyl (C=O) groups is 2. The second kappa shape index (κ2) is 24.7. The molecule has 22 heteroatoms. The van der Waals surface area contributed by atoms with Crippen LogP contribution in [0.3, 0.4) is 0 Å². The second-order valence-corrected chi connectivity index (χ2v) is 10.2. The van der Waals surface area contributed by atoms with Crippen LogP contribution in [0.15, 0.2) is 24.3 Å². The van der Waals surface area contributed by atoms with E-state index in [9.17, 15) is 19.8 Å². The third-order valence-electron chi connectivity index (χ3n) is 5.67. The zero-order valence-corrected chi connectivity index (χ0v) is 28.7. The lowest BCUT2D eigenvalue weighted by Crippen LogP contribution is -2.31. The van der Waals surface area contributed by atoms with Crippen LogP contribution in [-0.4, -0.2) is 112 Å². The van der Waals surface area contributed by atoms with Gasteiger partial charge in [0.05, 0.1) is 52.8 Å². The van der Waals surface area contributed by atoms with Crippen molar-refractivity contribution in [2.75, 3.05) is 54.7 Å². The number of methoxy groups -OCH3 is 4. The number of carbonyl (C=O) groups excluding carboxylic acids is 2. The van der Waals surface area contributed by atoms with Crippen molar-refractivity contribution in [2.24, 2.45) is 11.5 Å². The molecule has 0 aliphatic rings. The average Bonchev–Trinajstić information content (AvgIpc) is 3.03. The van der Waals surface area contributed by atoms with Gasteiger partial charge in [0.25, 0.3) is 0 Å². The van der Waals surface area contributed by atoms with Crippen molar-refractivity contribution in [1.82, 2.24) is 10.6 Å². The molecule has 2 aromatic carbocycles. The van der Waals surface area contributed by atoms with Crippen LogP contribution in [-0.2, 0) is 19.9 Å². The fourth-order valence-corrected chi connectivity index (χ4v) is 3.42. The molecule has 0 bridgehead atoms. The topological polar surface area (TPSA) is 360 Å². The summed E-state index contributed by atoms with van der Waals surface area (Å²) in [5, 5.41) is 38.8. The number of nitrogens with two attached hydrogens (primary N) is 2. The Morgan fingerprint density at radius 1 is 0.660 bits per heavy atom. The van der Waals surface area contributed by atoms with Crippen molar-refractivity contribution in [3.05, 3.63) is 35.4 Å². The van der Waals surface area contributed by atoms with Crippen LogP contribution in [0.4, 0.5) is 0 Å². The smallest absolute Gasteiger partial charge is 0.394 e. The van der Waals surface area contributed by atoms with E-state index in [0.29, 0.717) is 25.9 Å². The van der Waals surface area contributed by atoms with Crippen LogP contribution in [0.5, 0.6) is 34.5 Å². The van der Waals surface area contributed by atoms with Crippen molar-refractivity contribution in [3.63, 3.8) is 0 Å². The molecule has 0 spiro atoms. The van der Waals surface area contributed by atoms with Gasteiger partial charge in [-0.2, -0.15) is 8.42 Å². The van der Waals surface area contributed by atoms with E-state index in [4.69, 9.17) is 68.2 Å². The summed E-state index contributed by atoms with van der Waals surface area (Å²) in [7, 11) is 0.856. The third kappa shape index (κ3) is 20.0. The average molecular weight is 739 g/mol. The van der Waals surface area contributed by atoms with Gasteiger partial charge in [-0.3, -0.25) is 19.9 Å². The lowest BCUT2D eigenvalue weighted by Gasteiger charge is -2.11. The Morgan fingerprint density at radius 2 is 0.920 bits per heavy atom. The molecule has 0 saturated carbocycles. The monoisotopic (exact) mass is 738 g/mol. The van der Waals surface area contributed by atoms with Crippen LogP contribution >= 0.6 is 0 Å². The number of hydrogen-bond donors (Lipinski definition) is 10. The van der Waals surface area contributed by atoms with Gasteiger partial charge in [-0.05, 0) is 49.9 Å². The highest BCUT2D eigenvalue weighted by molar-refractivity contribution is 7.79. The highest BCUT2D eigenvalue weighted by Gasteiger charge is 2.17. The standard InChI is InChI=1S/2C14H21N3O5.H2O4S.H2O/c2*1-20-10-7-9(8-11(21-2)12(10)18)13(19)22-6-4-3-5-17-14(15)16;1-5(2,3)4;/h2*7-8,18H,3-6H2,1-2H3,(H4,15,16,17);(H2,1,2,3,4);1H2. The molecular formula is C28H46N6O15S. The minimum absolute atomic E-state index is 0. The molecule has 0 saturated heterocycles. The number of ether oxygens (including phenoxy) is 6. The van der Waals surface area contributed by atoms with Gasteiger partial charge < -0.3 is 66.2 Å². The van der Waals surface area contributed by atoms with Crippen LogP contribution < -0.4 is 41.0 Å². The molecule has 284 valence electrons. The predicted molar refractivity (Wildman–Crippen MR) is 179 cm³/mol. The first-order valence-corrected chi connectivity index (χ1v) is 15.5. The molecule has 0 aliphatic heterocycles. The van der Waals surface area contributed by atoms with E-state index >= 15 is 0 Å². The maximum absolute atomic E-state index is 11.9. The van der Waals surface area contributed by atoms with E-state index in [1.165, 1.54) is 52.7 Å². The number of aromatic hydroxyl groups is 2. The highest BCUT2D eigenvalue weighted by atomic mass is 32.3. The number of benzene rings is 2. The largest absolute Gasteiger partial charge is 0.502 e. The summed E-state index contributed by atoms with van der Waals surface area (Å²) < 4.78 is 61.8. The van der Waals surface area contributed by atoms with Gasteiger partial charge in [0.2, 0.25) is 11.5 Å². The minimum atomic E-state index is -4.67.